The normalized spacial score (nSPS) is 11.2. The van der Waals surface area contributed by atoms with Gasteiger partial charge in [-0.25, -0.2) is 0 Å². The van der Waals surface area contributed by atoms with Crippen LogP contribution in [0.15, 0.2) is 23.0 Å². The van der Waals surface area contributed by atoms with Gasteiger partial charge in [-0.3, -0.25) is 0 Å². The second-order valence-electron chi connectivity index (χ2n) is 3.44. The quantitative estimate of drug-likeness (QED) is 0.518. The molecule has 0 saturated carbocycles. The highest BCUT2D eigenvalue weighted by Gasteiger charge is 2.06. The van der Waals surface area contributed by atoms with Crippen molar-refractivity contribution >= 4 is 0 Å². The predicted molar refractivity (Wildman–Crippen MR) is 62.1 cm³/mol. The Hall–Kier alpha value is -0.840. The summed E-state index contributed by atoms with van der Waals surface area (Å²) in [5.74, 6) is 0. The molecule has 0 atom stereocenters. The molecule has 0 aromatic carbocycles. The molecule has 4 heteroatoms. The second-order valence-corrected chi connectivity index (χ2v) is 3.44. The summed E-state index contributed by atoms with van der Waals surface area (Å²) in [6, 6.07) is 1.95. The average molecular weight is 227 g/mol. The molecular formula is C12H21NO3. The number of hydrogen-bond acceptors (Lipinski definition) is 4. The van der Waals surface area contributed by atoms with E-state index in [9.17, 15) is 0 Å². The van der Waals surface area contributed by atoms with Crippen LogP contribution in [0.5, 0.6) is 0 Å². The molecule has 0 spiro atoms. The minimum atomic E-state index is -0.0909. The molecule has 1 aromatic rings. The van der Waals surface area contributed by atoms with Gasteiger partial charge in [0.25, 0.3) is 0 Å². The maximum absolute atomic E-state index is 5.44. The minimum Gasteiger partial charge on any atom is -0.472 e. The molecule has 0 aliphatic heterocycles. The fourth-order valence-corrected chi connectivity index (χ4v) is 1.43. The van der Waals surface area contributed by atoms with E-state index < -0.39 is 0 Å². The monoisotopic (exact) mass is 227 g/mol. The first-order chi connectivity index (χ1) is 7.86. The first-order valence-corrected chi connectivity index (χ1v) is 5.81. The van der Waals surface area contributed by atoms with Crippen LogP contribution in [0.3, 0.4) is 0 Å². The van der Waals surface area contributed by atoms with Crippen LogP contribution in [0.4, 0.5) is 0 Å². The molecule has 92 valence electrons. The number of rotatable bonds is 9. The average Bonchev–Trinajstić information content (AvgIpc) is 2.78. The van der Waals surface area contributed by atoms with Crippen molar-refractivity contribution in [3.05, 3.63) is 24.2 Å². The zero-order valence-corrected chi connectivity index (χ0v) is 10.1. The van der Waals surface area contributed by atoms with E-state index in [1.165, 1.54) is 0 Å². The topological polar surface area (TPSA) is 43.6 Å². The molecule has 1 N–H and O–H groups in total. The molecule has 1 aromatic heterocycles. The lowest BCUT2D eigenvalue weighted by molar-refractivity contribution is -0.138. The van der Waals surface area contributed by atoms with Crippen LogP contribution in [0, 0.1) is 0 Å². The van der Waals surface area contributed by atoms with Gasteiger partial charge in [-0.2, -0.15) is 0 Å². The minimum absolute atomic E-state index is 0.0909. The van der Waals surface area contributed by atoms with Crippen molar-refractivity contribution in [1.82, 2.24) is 5.32 Å². The van der Waals surface area contributed by atoms with E-state index in [0.717, 1.165) is 25.1 Å². The van der Waals surface area contributed by atoms with Crippen LogP contribution >= 0.6 is 0 Å². The standard InChI is InChI=1S/C12H21NO3/c1-3-15-12(16-4-2)5-7-13-9-11-6-8-14-10-11/h6,8,10,12-13H,3-5,7,9H2,1-2H3. The Morgan fingerprint density at radius 1 is 1.31 bits per heavy atom. The molecule has 1 heterocycles. The number of hydrogen-bond donors (Lipinski definition) is 1. The van der Waals surface area contributed by atoms with Crippen LogP contribution in [0.1, 0.15) is 25.8 Å². The highest BCUT2D eigenvalue weighted by molar-refractivity contribution is 5.04. The summed E-state index contributed by atoms with van der Waals surface area (Å²) >= 11 is 0. The van der Waals surface area contributed by atoms with Gasteiger partial charge in [0.05, 0.1) is 12.5 Å². The Kier molecular flexibility index (Phi) is 6.88. The highest BCUT2D eigenvalue weighted by Crippen LogP contribution is 2.01. The largest absolute Gasteiger partial charge is 0.472 e. The summed E-state index contributed by atoms with van der Waals surface area (Å²) in [7, 11) is 0. The van der Waals surface area contributed by atoms with Crippen LogP contribution < -0.4 is 5.32 Å². The molecule has 0 aliphatic carbocycles. The lowest BCUT2D eigenvalue weighted by Gasteiger charge is -2.16. The zero-order valence-electron chi connectivity index (χ0n) is 10.1. The lowest BCUT2D eigenvalue weighted by Crippen LogP contribution is -2.24. The van der Waals surface area contributed by atoms with E-state index in [2.05, 4.69) is 5.32 Å². The lowest BCUT2D eigenvalue weighted by atomic mass is 10.3. The third-order valence-electron chi connectivity index (χ3n) is 2.17. The first kappa shape index (κ1) is 13.2. The number of furan rings is 1. The maximum Gasteiger partial charge on any atom is 0.158 e. The molecule has 0 bridgehead atoms. The van der Waals surface area contributed by atoms with Crippen molar-refractivity contribution in [2.75, 3.05) is 19.8 Å². The van der Waals surface area contributed by atoms with E-state index in [1.54, 1.807) is 12.5 Å². The SMILES string of the molecule is CCOC(CCNCc1ccoc1)OCC. The van der Waals surface area contributed by atoms with Crippen LogP contribution in [0.25, 0.3) is 0 Å². The van der Waals surface area contributed by atoms with Gasteiger partial charge in [0.15, 0.2) is 6.29 Å². The number of ether oxygens (including phenoxy) is 2. The van der Waals surface area contributed by atoms with Gasteiger partial charge in [-0.05, 0) is 19.9 Å². The van der Waals surface area contributed by atoms with Gasteiger partial charge in [0.2, 0.25) is 0 Å². The maximum atomic E-state index is 5.44. The van der Waals surface area contributed by atoms with Gasteiger partial charge in [0.1, 0.15) is 0 Å². The summed E-state index contributed by atoms with van der Waals surface area (Å²) in [5, 5.41) is 3.32. The third kappa shape index (κ3) is 5.30. The third-order valence-corrected chi connectivity index (χ3v) is 2.17. The summed E-state index contributed by atoms with van der Waals surface area (Å²) in [6.45, 7) is 7.02. The van der Waals surface area contributed by atoms with Crippen molar-refractivity contribution in [2.45, 2.75) is 33.1 Å². The zero-order chi connectivity index (χ0) is 11.6. The van der Waals surface area contributed by atoms with Gasteiger partial charge >= 0.3 is 0 Å². The van der Waals surface area contributed by atoms with Gasteiger partial charge in [0, 0.05) is 38.3 Å². The number of nitrogens with one attached hydrogen (secondary N) is 1. The summed E-state index contributed by atoms with van der Waals surface area (Å²) in [5.41, 5.74) is 1.16. The summed E-state index contributed by atoms with van der Waals surface area (Å²) < 4.78 is 15.9. The molecule has 0 unspecified atom stereocenters. The molecule has 0 amide bonds. The van der Waals surface area contributed by atoms with E-state index in [1.807, 2.05) is 19.9 Å². The molecule has 0 fully saturated rings. The van der Waals surface area contributed by atoms with Crippen molar-refractivity contribution in [2.24, 2.45) is 0 Å². The first-order valence-electron chi connectivity index (χ1n) is 5.81. The smallest absolute Gasteiger partial charge is 0.158 e. The Labute approximate surface area is 96.9 Å². The van der Waals surface area contributed by atoms with E-state index in [0.29, 0.717) is 13.2 Å². The highest BCUT2D eigenvalue weighted by atomic mass is 16.7. The van der Waals surface area contributed by atoms with Gasteiger partial charge in [-0.1, -0.05) is 0 Å². The Morgan fingerprint density at radius 2 is 2.06 bits per heavy atom. The van der Waals surface area contributed by atoms with Crippen molar-refractivity contribution in [3.63, 3.8) is 0 Å². The second kappa shape index (κ2) is 8.33. The summed E-state index contributed by atoms with van der Waals surface area (Å²) in [4.78, 5) is 0. The molecule has 0 radical (unpaired) electrons. The summed E-state index contributed by atoms with van der Waals surface area (Å²) in [6.07, 6.45) is 4.20. The van der Waals surface area contributed by atoms with Crippen LogP contribution in [-0.4, -0.2) is 26.0 Å². The molecule has 1 rings (SSSR count). The van der Waals surface area contributed by atoms with Gasteiger partial charge in [-0.15, -0.1) is 0 Å². The Bertz CT molecular complexity index is 243. The Balaban J connectivity index is 2.08. The molecule has 0 saturated heterocycles. The molecule has 16 heavy (non-hydrogen) atoms. The van der Waals surface area contributed by atoms with E-state index in [-0.39, 0.29) is 6.29 Å². The molecule has 0 aliphatic rings. The van der Waals surface area contributed by atoms with Crippen LogP contribution in [0.2, 0.25) is 0 Å². The van der Waals surface area contributed by atoms with E-state index in [4.69, 9.17) is 13.9 Å². The molecule has 4 nitrogen and oxygen atoms in total. The fourth-order valence-electron chi connectivity index (χ4n) is 1.43. The predicted octanol–water partition coefficient (Wildman–Crippen LogP) is 2.16. The van der Waals surface area contributed by atoms with Crippen molar-refractivity contribution < 1.29 is 13.9 Å². The van der Waals surface area contributed by atoms with E-state index >= 15 is 0 Å². The van der Waals surface area contributed by atoms with Gasteiger partial charge < -0.3 is 19.2 Å². The molecular weight excluding hydrogens is 206 g/mol. The van der Waals surface area contributed by atoms with Crippen LogP contribution in [-0.2, 0) is 16.0 Å². The fraction of sp³-hybridized carbons (Fsp3) is 0.667. The Morgan fingerprint density at radius 3 is 2.62 bits per heavy atom. The van der Waals surface area contributed by atoms with Crippen molar-refractivity contribution in [1.29, 1.82) is 0 Å². The van der Waals surface area contributed by atoms with Crippen molar-refractivity contribution in [3.8, 4) is 0 Å².